The Morgan fingerprint density at radius 1 is 1.08 bits per heavy atom. The number of carbonyl (C=O) groups is 1. The number of rotatable bonds is 8. The third kappa shape index (κ3) is 5.05. The zero-order valence-electron chi connectivity index (χ0n) is 13.8. The fraction of sp³-hybridized carbons (Fsp3) is 0.167. The summed E-state index contributed by atoms with van der Waals surface area (Å²) in [6.45, 7) is 0.532. The highest BCUT2D eigenvalue weighted by Crippen LogP contribution is 2.24. The van der Waals surface area contributed by atoms with Gasteiger partial charge in [-0.2, -0.15) is 4.98 Å². The van der Waals surface area contributed by atoms with Crippen molar-refractivity contribution in [3.05, 3.63) is 59.6 Å². The van der Waals surface area contributed by atoms with E-state index in [9.17, 15) is 4.79 Å². The number of benzene rings is 2. The first-order chi connectivity index (χ1) is 12.7. The minimum atomic E-state index is -0.352. The fourth-order valence-electron chi connectivity index (χ4n) is 2.15. The monoisotopic (exact) mass is 372 g/mol. The molecule has 8 heteroatoms. The number of hydrogen-bond donors (Lipinski definition) is 2. The third-order valence-corrected chi connectivity index (χ3v) is 3.67. The number of ether oxygens (including phenoxy) is 2. The van der Waals surface area contributed by atoms with E-state index in [4.69, 9.17) is 21.1 Å². The molecule has 0 saturated carbocycles. The van der Waals surface area contributed by atoms with E-state index in [-0.39, 0.29) is 18.5 Å². The Labute approximate surface area is 155 Å². The number of halogens is 1. The predicted octanol–water partition coefficient (Wildman–Crippen LogP) is 3.16. The zero-order chi connectivity index (χ0) is 18.2. The van der Waals surface area contributed by atoms with E-state index in [2.05, 4.69) is 20.5 Å². The van der Waals surface area contributed by atoms with E-state index in [1.807, 2.05) is 48.5 Å². The highest BCUT2D eigenvalue weighted by atomic mass is 35.5. The summed E-state index contributed by atoms with van der Waals surface area (Å²) in [5.74, 6) is 1.04. The molecule has 134 valence electrons. The number of nitrogens with zero attached hydrogens (tertiary/aromatic N) is 2. The normalized spacial score (nSPS) is 10.5. The average molecular weight is 373 g/mol. The van der Waals surface area contributed by atoms with Crippen molar-refractivity contribution in [2.75, 3.05) is 25.1 Å². The Hall–Kier alpha value is -2.90. The van der Waals surface area contributed by atoms with Crippen LogP contribution in [0.5, 0.6) is 5.75 Å². The third-order valence-electron chi connectivity index (χ3n) is 3.34. The molecular formula is C18H17ClN4O3. The molecule has 0 fully saturated rings. The van der Waals surface area contributed by atoms with Crippen LogP contribution in [-0.2, 0) is 9.53 Å². The molecule has 0 spiro atoms. The number of hydrogen-bond acceptors (Lipinski definition) is 5. The lowest BCUT2D eigenvalue weighted by Gasteiger charge is -2.06. The van der Waals surface area contributed by atoms with Crippen LogP contribution in [-0.4, -0.2) is 40.9 Å². The van der Waals surface area contributed by atoms with Crippen molar-refractivity contribution in [3.8, 4) is 17.1 Å². The molecular weight excluding hydrogens is 356 g/mol. The molecule has 2 N–H and O–H groups in total. The van der Waals surface area contributed by atoms with Crippen molar-refractivity contribution >= 4 is 23.5 Å². The van der Waals surface area contributed by atoms with Gasteiger partial charge in [-0.25, -0.2) is 0 Å². The van der Waals surface area contributed by atoms with Crippen LogP contribution in [0.25, 0.3) is 11.4 Å². The van der Waals surface area contributed by atoms with E-state index in [0.717, 1.165) is 5.75 Å². The molecule has 0 aliphatic carbocycles. The van der Waals surface area contributed by atoms with Gasteiger partial charge >= 0.3 is 0 Å². The summed E-state index contributed by atoms with van der Waals surface area (Å²) in [6, 6.07) is 16.6. The Morgan fingerprint density at radius 2 is 1.85 bits per heavy atom. The van der Waals surface area contributed by atoms with Gasteiger partial charge in [0, 0.05) is 5.56 Å². The summed E-state index contributed by atoms with van der Waals surface area (Å²) in [7, 11) is 0. The predicted molar refractivity (Wildman–Crippen MR) is 98.2 cm³/mol. The van der Waals surface area contributed by atoms with E-state index in [1.54, 1.807) is 6.07 Å². The first kappa shape index (κ1) is 17.9. The van der Waals surface area contributed by atoms with Gasteiger partial charge in [0.2, 0.25) is 5.95 Å². The second-order valence-electron chi connectivity index (χ2n) is 5.25. The maximum Gasteiger partial charge on any atom is 0.252 e. The SMILES string of the molecule is O=C(COCCOc1ccccc1)Nc1n[nH]c(-c2ccccc2Cl)n1. The van der Waals surface area contributed by atoms with Crippen LogP contribution in [0.2, 0.25) is 5.02 Å². The molecule has 0 unspecified atom stereocenters. The molecule has 3 aromatic rings. The zero-order valence-corrected chi connectivity index (χ0v) is 14.6. The van der Waals surface area contributed by atoms with Gasteiger partial charge in [-0.3, -0.25) is 15.2 Å². The van der Waals surface area contributed by atoms with E-state index < -0.39 is 0 Å². The van der Waals surface area contributed by atoms with Crippen LogP contribution in [0.15, 0.2) is 54.6 Å². The van der Waals surface area contributed by atoms with Crippen molar-refractivity contribution < 1.29 is 14.3 Å². The summed E-state index contributed by atoms with van der Waals surface area (Å²) in [5, 5.41) is 9.80. The lowest BCUT2D eigenvalue weighted by Crippen LogP contribution is -2.20. The molecule has 1 heterocycles. The second-order valence-corrected chi connectivity index (χ2v) is 5.66. The number of H-pyrrole nitrogens is 1. The summed E-state index contributed by atoms with van der Waals surface area (Å²) in [6.07, 6.45) is 0. The van der Waals surface area contributed by atoms with Crippen LogP contribution in [0.4, 0.5) is 5.95 Å². The van der Waals surface area contributed by atoms with Crippen LogP contribution in [0.1, 0.15) is 0 Å². The Bertz CT molecular complexity index is 854. The van der Waals surface area contributed by atoms with E-state index in [0.29, 0.717) is 29.6 Å². The summed E-state index contributed by atoms with van der Waals surface area (Å²) in [4.78, 5) is 16.1. The van der Waals surface area contributed by atoms with Gasteiger partial charge in [0.15, 0.2) is 5.82 Å². The summed E-state index contributed by atoms with van der Waals surface area (Å²) < 4.78 is 10.7. The number of nitrogens with one attached hydrogen (secondary N) is 2. The largest absolute Gasteiger partial charge is 0.491 e. The van der Waals surface area contributed by atoms with Gasteiger partial charge in [0.1, 0.15) is 19.0 Å². The van der Waals surface area contributed by atoms with Crippen LogP contribution < -0.4 is 10.1 Å². The molecule has 0 radical (unpaired) electrons. The molecule has 26 heavy (non-hydrogen) atoms. The summed E-state index contributed by atoms with van der Waals surface area (Å²) >= 11 is 6.11. The molecule has 1 amide bonds. The summed E-state index contributed by atoms with van der Waals surface area (Å²) in [5.41, 5.74) is 0.705. The average Bonchev–Trinajstić information content (AvgIpc) is 3.11. The lowest BCUT2D eigenvalue weighted by atomic mass is 10.2. The van der Waals surface area contributed by atoms with Crippen molar-refractivity contribution in [1.29, 1.82) is 0 Å². The van der Waals surface area contributed by atoms with Crippen molar-refractivity contribution in [2.45, 2.75) is 0 Å². The molecule has 2 aromatic carbocycles. The minimum Gasteiger partial charge on any atom is -0.491 e. The van der Waals surface area contributed by atoms with Crippen molar-refractivity contribution in [1.82, 2.24) is 15.2 Å². The highest BCUT2D eigenvalue weighted by Gasteiger charge is 2.11. The second kappa shape index (κ2) is 8.98. The molecule has 0 bridgehead atoms. The van der Waals surface area contributed by atoms with Gasteiger partial charge < -0.3 is 9.47 Å². The van der Waals surface area contributed by atoms with Crippen molar-refractivity contribution in [2.24, 2.45) is 0 Å². The van der Waals surface area contributed by atoms with Crippen LogP contribution in [0.3, 0.4) is 0 Å². The van der Waals surface area contributed by atoms with Gasteiger partial charge in [0.05, 0.1) is 11.6 Å². The highest BCUT2D eigenvalue weighted by molar-refractivity contribution is 6.33. The van der Waals surface area contributed by atoms with Gasteiger partial charge in [-0.05, 0) is 24.3 Å². The number of anilines is 1. The number of amides is 1. The quantitative estimate of drug-likeness (QED) is 0.593. The molecule has 0 atom stereocenters. The molecule has 0 aliphatic heterocycles. The molecule has 0 aliphatic rings. The maximum absolute atomic E-state index is 11.9. The van der Waals surface area contributed by atoms with Crippen molar-refractivity contribution in [3.63, 3.8) is 0 Å². The number of aromatic amines is 1. The number of para-hydroxylation sites is 1. The molecule has 1 aromatic heterocycles. The Kier molecular flexibility index (Phi) is 6.19. The molecule has 3 rings (SSSR count). The minimum absolute atomic E-state index is 0.117. The number of aromatic nitrogens is 3. The molecule has 7 nitrogen and oxygen atoms in total. The Morgan fingerprint density at radius 3 is 2.65 bits per heavy atom. The van der Waals surface area contributed by atoms with Crippen LogP contribution in [0, 0.1) is 0 Å². The number of carbonyl (C=O) groups excluding carboxylic acids is 1. The van der Waals surface area contributed by atoms with Gasteiger partial charge in [-0.1, -0.05) is 41.9 Å². The topological polar surface area (TPSA) is 89.1 Å². The first-order valence-corrected chi connectivity index (χ1v) is 8.33. The van der Waals surface area contributed by atoms with Gasteiger partial charge in [0.25, 0.3) is 5.91 Å². The molecule has 0 saturated heterocycles. The first-order valence-electron chi connectivity index (χ1n) is 7.95. The van der Waals surface area contributed by atoms with E-state index in [1.165, 1.54) is 0 Å². The fourth-order valence-corrected chi connectivity index (χ4v) is 2.38. The van der Waals surface area contributed by atoms with Crippen LogP contribution >= 0.6 is 11.6 Å². The smallest absolute Gasteiger partial charge is 0.252 e. The Balaban J connectivity index is 1.41. The standard InChI is InChI=1S/C18H17ClN4O3/c19-15-9-5-4-8-14(15)17-21-18(23-22-17)20-16(24)12-25-10-11-26-13-6-2-1-3-7-13/h1-9H,10-12H2,(H2,20,21,22,23,24). The lowest BCUT2D eigenvalue weighted by molar-refractivity contribution is -0.120. The maximum atomic E-state index is 11.9. The van der Waals surface area contributed by atoms with Gasteiger partial charge in [-0.15, -0.1) is 5.10 Å². The van der Waals surface area contributed by atoms with E-state index >= 15 is 0 Å².